The first kappa shape index (κ1) is 13.7. The van der Waals surface area contributed by atoms with Crippen molar-refractivity contribution in [3.05, 3.63) is 22.7 Å². The van der Waals surface area contributed by atoms with Crippen LogP contribution in [-0.4, -0.2) is 6.54 Å². The summed E-state index contributed by atoms with van der Waals surface area (Å²) in [7, 11) is 0. The van der Waals surface area contributed by atoms with Crippen molar-refractivity contribution < 1.29 is 0 Å². The molecule has 3 N–H and O–H groups in total. The van der Waals surface area contributed by atoms with Crippen molar-refractivity contribution in [3.8, 4) is 0 Å². The number of hydrogen-bond donors (Lipinski definition) is 2. The van der Waals surface area contributed by atoms with Gasteiger partial charge in [-0.15, -0.1) is 0 Å². The molecule has 0 amide bonds. The smallest absolute Gasteiger partial charge is 0.0585 e. The molecule has 0 heterocycles. The van der Waals surface area contributed by atoms with Gasteiger partial charge in [-0.2, -0.15) is 0 Å². The molecule has 2 atom stereocenters. The van der Waals surface area contributed by atoms with E-state index in [1.54, 1.807) is 0 Å². The lowest BCUT2D eigenvalue weighted by Crippen LogP contribution is -2.16. The van der Waals surface area contributed by atoms with Gasteiger partial charge in [0, 0.05) is 11.0 Å². The van der Waals surface area contributed by atoms with Gasteiger partial charge in [-0.25, -0.2) is 0 Å². The SMILES string of the molecule is CC1CCCC(CCNc2cc(Br)ccc2N)C1. The van der Waals surface area contributed by atoms with Gasteiger partial charge in [0.25, 0.3) is 0 Å². The van der Waals surface area contributed by atoms with Crippen LogP contribution in [0.1, 0.15) is 39.0 Å². The molecule has 0 aliphatic heterocycles. The summed E-state index contributed by atoms with van der Waals surface area (Å²) in [6, 6.07) is 5.97. The van der Waals surface area contributed by atoms with Gasteiger partial charge >= 0.3 is 0 Å². The number of nitrogen functional groups attached to an aromatic ring is 1. The van der Waals surface area contributed by atoms with Gasteiger partial charge in [0.1, 0.15) is 0 Å². The second kappa shape index (κ2) is 6.46. The zero-order valence-corrected chi connectivity index (χ0v) is 12.7. The molecular formula is C15H23BrN2. The van der Waals surface area contributed by atoms with E-state index in [4.69, 9.17) is 5.73 Å². The van der Waals surface area contributed by atoms with Crippen LogP contribution < -0.4 is 11.1 Å². The summed E-state index contributed by atoms with van der Waals surface area (Å²) >= 11 is 3.48. The second-order valence-electron chi connectivity index (χ2n) is 5.58. The normalized spacial score (nSPS) is 23.9. The van der Waals surface area contributed by atoms with Gasteiger partial charge in [-0.05, 0) is 42.9 Å². The monoisotopic (exact) mass is 310 g/mol. The van der Waals surface area contributed by atoms with E-state index in [0.717, 1.165) is 34.2 Å². The number of halogens is 1. The fourth-order valence-corrected chi connectivity index (χ4v) is 3.28. The van der Waals surface area contributed by atoms with Crippen molar-refractivity contribution in [2.45, 2.75) is 39.0 Å². The molecule has 1 aliphatic rings. The van der Waals surface area contributed by atoms with Crippen LogP contribution in [0.3, 0.4) is 0 Å². The minimum atomic E-state index is 0.829. The van der Waals surface area contributed by atoms with Crippen LogP contribution in [0.4, 0.5) is 11.4 Å². The molecule has 0 bridgehead atoms. The van der Waals surface area contributed by atoms with E-state index in [9.17, 15) is 0 Å². The topological polar surface area (TPSA) is 38.0 Å². The van der Waals surface area contributed by atoms with Crippen LogP contribution in [-0.2, 0) is 0 Å². The highest BCUT2D eigenvalue weighted by Gasteiger charge is 2.18. The van der Waals surface area contributed by atoms with Crippen LogP contribution in [0.5, 0.6) is 0 Å². The van der Waals surface area contributed by atoms with Crippen molar-refractivity contribution in [1.82, 2.24) is 0 Å². The third-order valence-electron chi connectivity index (χ3n) is 3.93. The van der Waals surface area contributed by atoms with Gasteiger partial charge in [-0.3, -0.25) is 0 Å². The predicted octanol–water partition coefficient (Wildman–Crippen LogP) is 4.66. The molecule has 1 aromatic carbocycles. The Morgan fingerprint density at radius 2 is 2.22 bits per heavy atom. The zero-order chi connectivity index (χ0) is 13.0. The predicted molar refractivity (Wildman–Crippen MR) is 82.8 cm³/mol. The van der Waals surface area contributed by atoms with Crippen molar-refractivity contribution >= 4 is 27.3 Å². The highest BCUT2D eigenvalue weighted by atomic mass is 79.9. The van der Waals surface area contributed by atoms with Crippen LogP contribution >= 0.6 is 15.9 Å². The molecule has 1 fully saturated rings. The van der Waals surface area contributed by atoms with Crippen LogP contribution in [0.15, 0.2) is 22.7 Å². The fourth-order valence-electron chi connectivity index (χ4n) is 2.91. The third kappa shape index (κ3) is 3.91. The highest BCUT2D eigenvalue weighted by molar-refractivity contribution is 9.10. The first-order valence-electron chi connectivity index (χ1n) is 6.94. The lowest BCUT2D eigenvalue weighted by molar-refractivity contribution is 0.274. The minimum Gasteiger partial charge on any atom is -0.397 e. The van der Waals surface area contributed by atoms with Gasteiger partial charge < -0.3 is 11.1 Å². The van der Waals surface area contributed by atoms with Gasteiger partial charge in [0.15, 0.2) is 0 Å². The molecular weight excluding hydrogens is 288 g/mol. The molecule has 0 spiro atoms. The third-order valence-corrected chi connectivity index (χ3v) is 4.42. The summed E-state index contributed by atoms with van der Waals surface area (Å²) in [5.74, 6) is 1.81. The van der Waals surface area contributed by atoms with E-state index >= 15 is 0 Å². The Bertz CT molecular complexity index is 392. The highest BCUT2D eigenvalue weighted by Crippen LogP contribution is 2.31. The molecule has 2 rings (SSSR count). The molecule has 18 heavy (non-hydrogen) atoms. The Kier molecular flexibility index (Phi) is 4.93. The number of hydrogen-bond acceptors (Lipinski definition) is 2. The molecule has 0 aromatic heterocycles. The Labute approximate surface area is 118 Å². The maximum absolute atomic E-state index is 5.95. The molecule has 0 saturated heterocycles. The molecule has 1 aromatic rings. The molecule has 0 radical (unpaired) electrons. The average Bonchev–Trinajstić information content (AvgIpc) is 2.34. The summed E-state index contributed by atoms with van der Waals surface area (Å²) in [5.41, 5.74) is 7.83. The Morgan fingerprint density at radius 3 is 3.00 bits per heavy atom. The van der Waals surface area contributed by atoms with Gasteiger partial charge in [-0.1, -0.05) is 42.1 Å². The molecule has 2 unspecified atom stereocenters. The Balaban J connectivity index is 1.79. The Hall–Kier alpha value is -0.700. The van der Waals surface area contributed by atoms with E-state index in [0.29, 0.717) is 0 Å². The number of anilines is 2. The summed E-state index contributed by atoms with van der Waals surface area (Å²) < 4.78 is 1.07. The zero-order valence-electron chi connectivity index (χ0n) is 11.1. The second-order valence-corrected chi connectivity index (χ2v) is 6.50. The number of nitrogens with two attached hydrogens (primary N) is 1. The summed E-state index contributed by atoms with van der Waals surface area (Å²) in [6.07, 6.45) is 6.89. The van der Waals surface area contributed by atoms with E-state index in [1.807, 2.05) is 12.1 Å². The van der Waals surface area contributed by atoms with Crippen LogP contribution in [0.2, 0.25) is 0 Å². The van der Waals surface area contributed by atoms with Crippen LogP contribution in [0.25, 0.3) is 0 Å². The number of benzene rings is 1. The fraction of sp³-hybridized carbons (Fsp3) is 0.600. The van der Waals surface area contributed by atoms with E-state index in [2.05, 4.69) is 34.2 Å². The first-order valence-corrected chi connectivity index (χ1v) is 7.73. The minimum absolute atomic E-state index is 0.829. The van der Waals surface area contributed by atoms with Gasteiger partial charge in [0.2, 0.25) is 0 Å². The van der Waals surface area contributed by atoms with Gasteiger partial charge in [0.05, 0.1) is 11.4 Å². The van der Waals surface area contributed by atoms with Crippen molar-refractivity contribution in [2.75, 3.05) is 17.6 Å². The summed E-state index contributed by atoms with van der Waals surface area (Å²) in [5, 5.41) is 3.46. The van der Waals surface area contributed by atoms with Crippen molar-refractivity contribution in [2.24, 2.45) is 11.8 Å². The van der Waals surface area contributed by atoms with E-state index in [-0.39, 0.29) is 0 Å². The first-order chi connectivity index (χ1) is 8.65. The maximum atomic E-state index is 5.95. The molecule has 3 heteroatoms. The maximum Gasteiger partial charge on any atom is 0.0585 e. The quantitative estimate of drug-likeness (QED) is 0.794. The largest absolute Gasteiger partial charge is 0.397 e. The van der Waals surface area contributed by atoms with Crippen molar-refractivity contribution in [3.63, 3.8) is 0 Å². The molecule has 1 saturated carbocycles. The van der Waals surface area contributed by atoms with Crippen molar-refractivity contribution in [1.29, 1.82) is 0 Å². The van der Waals surface area contributed by atoms with Crippen LogP contribution in [0, 0.1) is 11.8 Å². The van der Waals surface area contributed by atoms with E-state index in [1.165, 1.54) is 32.1 Å². The number of nitrogens with one attached hydrogen (secondary N) is 1. The summed E-state index contributed by atoms with van der Waals surface area (Å²) in [4.78, 5) is 0. The Morgan fingerprint density at radius 1 is 1.39 bits per heavy atom. The number of rotatable bonds is 4. The lowest BCUT2D eigenvalue weighted by atomic mass is 9.81. The van der Waals surface area contributed by atoms with E-state index < -0.39 is 0 Å². The molecule has 1 aliphatic carbocycles. The lowest BCUT2D eigenvalue weighted by Gasteiger charge is -2.26. The molecule has 2 nitrogen and oxygen atoms in total. The standard InChI is InChI=1S/C15H23BrN2/c1-11-3-2-4-12(9-11)7-8-18-15-10-13(16)5-6-14(15)17/h5-6,10-12,18H,2-4,7-9,17H2,1H3. The average molecular weight is 311 g/mol. The summed E-state index contributed by atoms with van der Waals surface area (Å²) in [6.45, 7) is 3.41. The molecule has 100 valence electrons.